The fraction of sp³-hybridized carbons (Fsp3) is 0.800. The summed E-state index contributed by atoms with van der Waals surface area (Å²) in [5, 5.41) is 0. The van der Waals surface area contributed by atoms with Crippen LogP contribution in [0, 0.1) is 16.7 Å². The molecule has 0 spiro atoms. The molecule has 4 heteroatoms. The molecule has 1 saturated carbocycles. The summed E-state index contributed by atoms with van der Waals surface area (Å²) < 4.78 is 4.77. The highest BCUT2D eigenvalue weighted by Crippen LogP contribution is 2.61. The van der Waals surface area contributed by atoms with Crippen LogP contribution in [0.15, 0.2) is 0 Å². The lowest BCUT2D eigenvalue weighted by Crippen LogP contribution is -2.52. The van der Waals surface area contributed by atoms with E-state index in [9.17, 15) is 9.59 Å². The van der Waals surface area contributed by atoms with Gasteiger partial charge >= 0.3 is 11.9 Å². The topological polar surface area (TPSA) is 43.4 Å². The lowest BCUT2D eigenvalue weighted by molar-refractivity contribution is -0.184. The minimum atomic E-state index is -0.578. The van der Waals surface area contributed by atoms with Crippen LogP contribution in [0.1, 0.15) is 27.2 Å². The normalized spacial score (nSPS) is 45.1. The third-order valence-corrected chi connectivity index (χ3v) is 5.47. The Kier molecular flexibility index (Phi) is 1.88. The minimum absolute atomic E-state index is 0.0361. The molecule has 0 amide bonds. The van der Waals surface area contributed by atoms with Crippen molar-refractivity contribution in [3.8, 4) is 0 Å². The largest absolute Gasteiger partial charge is 0.392 e. The lowest BCUT2D eigenvalue weighted by atomic mass is 9.64. The van der Waals surface area contributed by atoms with Crippen LogP contribution < -0.4 is 0 Å². The molecule has 3 unspecified atom stereocenters. The lowest BCUT2D eigenvalue weighted by Gasteiger charge is -2.43. The number of carbonyl (C=O) groups is 2. The van der Waals surface area contributed by atoms with Gasteiger partial charge in [0.1, 0.15) is 0 Å². The van der Waals surface area contributed by atoms with E-state index in [1.807, 2.05) is 20.8 Å². The van der Waals surface area contributed by atoms with Gasteiger partial charge in [0, 0.05) is 4.83 Å². The Morgan fingerprint density at radius 1 is 1.36 bits per heavy atom. The second kappa shape index (κ2) is 2.60. The van der Waals surface area contributed by atoms with Gasteiger partial charge in [-0.2, -0.15) is 0 Å². The second-order valence-corrected chi connectivity index (χ2v) is 5.99. The van der Waals surface area contributed by atoms with E-state index in [-0.39, 0.29) is 28.1 Å². The van der Waals surface area contributed by atoms with Crippen LogP contribution in [0.3, 0.4) is 0 Å². The van der Waals surface area contributed by atoms with Gasteiger partial charge in [0.15, 0.2) is 0 Å². The van der Waals surface area contributed by atoms with Crippen LogP contribution in [-0.2, 0) is 14.3 Å². The summed E-state index contributed by atoms with van der Waals surface area (Å²) in [6.45, 7) is 5.82. The quantitative estimate of drug-likeness (QED) is 0.380. The highest BCUT2D eigenvalue weighted by atomic mass is 79.9. The van der Waals surface area contributed by atoms with Gasteiger partial charge in [0.25, 0.3) is 0 Å². The monoisotopic (exact) mass is 260 g/mol. The molecule has 0 radical (unpaired) electrons. The molecule has 2 bridgehead atoms. The van der Waals surface area contributed by atoms with Crippen LogP contribution in [0.2, 0.25) is 0 Å². The Labute approximate surface area is 91.3 Å². The number of esters is 2. The van der Waals surface area contributed by atoms with E-state index in [1.54, 1.807) is 0 Å². The van der Waals surface area contributed by atoms with Gasteiger partial charge in [-0.25, -0.2) is 0 Å². The van der Waals surface area contributed by atoms with E-state index in [0.29, 0.717) is 6.42 Å². The zero-order valence-corrected chi connectivity index (χ0v) is 10.1. The SMILES string of the molecule is CC1(C)C2CC(Br)C1(C)C(=O)OC2=O. The number of ether oxygens (including phenoxy) is 1. The molecule has 2 fully saturated rings. The maximum absolute atomic E-state index is 11.7. The maximum Gasteiger partial charge on any atom is 0.321 e. The Hall–Kier alpha value is -0.380. The summed E-state index contributed by atoms with van der Waals surface area (Å²) in [7, 11) is 0. The molecule has 0 aromatic rings. The standard InChI is InChI=1S/C10H13BrO3/c1-9(2)5-4-6(11)10(9,3)8(13)14-7(5)12/h5-6H,4H2,1-3H3. The molecule has 78 valence electrons. The number of fused-ring (bicyclic) bond motifs is 2. The fourth-order valence-corrected chi connectivity index (χ4v) is 3.70. The maximum atomic E-state index is 11.7. The molecule has 2 rings (SSSR count). The first kappa shape index (κ1) is 10.1. The van der Waals surface area contributed by atoms with E-state index < -0.39 is 5.41 Å². The Balaban J connectivity index is 2.57. The van der Waals surface area contributed by atoms with Crippen molar-refractivity contribution in [2.24, 2.45) is 16.7 Å². The highest BCUT2D eigenvalue weighted by Gasteiger charge is 2.67. The molecule has 1 aliphatic heterocycles. The number of halogens is 1. The number of carbonyl (C=O) groups excluding carboxylic acids is 2. The number of cyclic esters (lactones) is 2. The molecule has 1 aliphatic carbocycles. The molecule has 0 aromatic carbocycles. The van der Waals surface area contributed by atoms with Crippen LogP contribution >= 0.6 is 15.9 Å². The first-order valence-corrected chi connectivity index (χ1v) is 5.63. The van der Waals surface area contributed by atoms with E-state index in [1.165, 1.54) is 0 Å². The van der Waals surface area contributed by atoms with Gasteiger partial charge in [-0.3, -0.25) is 9.59 Å². The molecular formula is C10H13BrO3. The van der Waals surface area contributed by atoms with E-state index >= 15 is 0 Å². The van der Waals surface area contributed by atoms with Gasteiger partial charge in [-0.1, -0.05) is 29.8 Å². The molecule has 14 heavy (non-hydrogen) atoms. The van der Waals surface area contributed by atoms with E-state index in [4.69, 9.17) is 4.74 Å². The molecule has 0 N–H and O–H groups in total. The van der Waals surface area contributed by atoms with Crippen molar-refractivity contribution in [2.75, 3.05) is 0 Å². The molecule has 2 aliphatic rings. The number of hydrogen-bond acceptors (Lipinski definition) is 3. The van der Waals surface area contributed by atoms with Gasteiger partial charge in [0.05, 0.1) is 11.3 Å². The van der Waals surface area contributed by atoms with Crippen LogP contribution in [0.25, 0.3) is 0 Å². The molecule has 1 saturated heterocycles. The Morgan fingerprint density at radius 3 is 2.50 bits per heavy atom. The molecular weight excluding hydrogens is 248 g/mol. The summed E-state index contributed by atoms with van der Waals surface area (Å²) in [6, 6.07) is 0. The predicted molar refractivity (Wildman–Crippen MR) is 53.8 cm³/mol. The molecule has 3 atom stereocenters. The van der Waals surface area contributed by atoms with Crippen molar-refractivity contribution in [3.63, 3.8) is 0 Å². The first-order valence-electron chi connectivity index (χ1n) is 4.72. The average molecular weight is 261 g/mol. The summed E-state index contributed by atoms with van der Waals surface area (Å²) >= 11 is 3.49. The van der Waals surface area contributed by atoms with Crippen LogP contribution in [0.4, 0.5) is 0 Å². The summed E-state index contributed by atoms with van der Waals surface area (Å²) in [5.74, 6) is -0.905. The van der Waals surface area contributed by atoms with Gasteiger partial charge in [0.2, 0.25) is 0 Å². The van der Waals surface area contributed by atoms with E-state index in [0.717, 1.165) is 0 Å². The summed E-state index contributed by atoms with van der Waals surface area (Å²) in [6.07, 6.45) is 0.689. The van der Waals surface area contributed by atoms with Crippen molar-refractivity contribution in [1.29, 1.82) is 0 Å². The van der Waals surface area contributed by atoms with Gasteiger partial charge in [-0.05, 0) is 18.8 Å². The number of rotatable bonds is 0. The van der Waals surface area contributed by atoms with Crippen molar-refractivity contribution in [2.45, 2.75) is 32.0 Å². The number of alkyl halides is 1. The zero-order valence-electron chi connectivity index (χ0n) is 8.46. The number of hydrogen-bond donors (Lipinski definition) is 0. The third kappa shape index (κ3) is 0.879. The fourth-order valence-electron chi connectivity index (χ4n) is 2.55. The van der Waals surface area contributed by atoms with Crippen molar-refractivity contribution in [3.05, 3.63) is 0 Å². The van der Waals surface area contributed by atoms with Crippen molar-refractivity contribution >= 4 is 27.9 Å². The molecule has 1 heterocycles. The second-order valence-electron chi connectivity index (χ2n) is 4.89. The van der Waals surface area contributed by atoms with Gasteiger partial charge < -0.3 is 4.74 Å². The summed E-state index contributed by atoms with van der Waals surface area (Å²) in [4.78, 5) is 23.3. The van der Waals surface area contributed by atoms with E-state index in [2.05, 4.69) is 15.9 Å². The van der Waals surface area contributed by atoms with Crippen LogP contribution in [-0.4, -0.2) is 16.8 Å². The first-order chi connectivity index (χ1) is 6.31. The smallest absolute Gasteiger partial charge is 0.321 e. The van der Waals surface area contributed by atoms with Crippen LogP contribution in [0.5, 0.6) is 0 Å². The minimum Gasteiger partial charge on any atom is -0.392 e. The highest BCUT2D eigenvalue weighted by molar-refractivity contribution is 9.09. The Bertz CT molecular complexity index is 323. The third-order valence-electron chi connectivity index (χ3n) is 4.18. The summed E-state index contributed by atoms with van der Waals surface area (Å²) in [5.41, 5.74) is -0.890. The Morgan fingerprint density at radius 2 is 1.93 bits per heavy atom. The predicted octanol–water partition coefficient (Wildman–Crippen LogP) is 1.89. The van der Waals surface area contributed by atoms with Crippen molar-refractivity contribution in [1.82, 2.24) is 0 Å². The molecule has 0 aromatic heterocycles. The average Bonchev–Trinajstić information content (AvgIpc) is 2.19. The zero-order chi connectivity index (χ0) is 10.7. The van der Waals surface area contributed by atoms with Crippen molar-refractivity contribution < 1.29 is 14.3 Å². The molecule has 3 nitrogen and oxygen atoms in total. The van der Waals surface area contributed by atoms with Gasteiger partial charge in [-0.15, -0.1) is 0 Å².